The van der Waals surface area contributed by atoms with Gasteiger partial charge >= 0.3 is 11.7 Å². The van der Waals surface area contributed by atoms with Crippen LogP contribution in [0.5, 0.6) is 0 Å². The lowest BCUT2D eigenvalue weighted by Gasteiger charge is -2.11. The Bertz CT molecular complexity index is 463. The molecule has 1 aromatic rings. The van der Waals surface area contributed by atoms with E-state index in [1.807, 2.05) is 0 Å². The summed E-state index contributed by atoms with van der Waals surface area (Å²) in [6.45, 7) is 0. The van der Waals surface area contributed by atoms with Gasteiger partial charge in [-0.2, -0.15) is 14.9 Å². The van der Waals surface area contributed by atoms with Crippen LogP contribution >= 0.6 is 0 Å². The number of amides is 2. The monoisotopic (exact) mass is 227 g/mol. The van der Waals surface area contributed by atoms with Crippen LogP contribution in [-0.4, -0.2) is 11.0 Å². The Labute approximate surface area is 88.1 Å². The van der Waals surface area contributed by atoms with Crippen molar-refractivity contribution in [1.29, 1.82) is 5.53 Å². The molecule has 0 atom stereocenters. The molecule has 0 heterocycles. The van der Waals surface area contributed by atoms with Gasteiger partial charge in [-0.1, -0.05) is 5.22 Å². The van der Waals surface area contributed by atoms with Gasteiger partial charge in [0, 0.05) is 6.07 Å². The molecule has 0 aliphatic rings. The van der Waals surface area contributed by atoms with Crippen LogP contribution in [0.4, 0.5) is 20.6 Å². The van der Waals surface area contributed by atoms with Crippen LogP contribution in [0.25, 0.3) is 0 Å². The van der Waals surface area contributed by atoms with E-state index in [9.17, 15) is 19.3 Å². The Morgan fingerprint density at radius 1 is 1.62 bits per heavy atom. The van der Waals surface area contributed by atoms with E-state index in [4.69, 9.17) is 11.3 Å². The molecule has 0 saturated carbocycles. The SMILES string of the molecule is N=NN(C(N)=O)c1ccc(F)c([N+](=O)[O-])c1. The molecule has 0 bridgehead atoms. The summed E-state index contributed by atoms with van der Waals surface area (Å²) in [4.78, 5) is 20.2. The summed E-state index contributed by atoms with van der Waals surface area (Å²) in [6, 6.07) is 1.49. The Hall–Kier alpha value is -2.58. The van der Waals surface area contributed by atoms with Gasteiger partial charge in [0.2, 0.25) is 5.82 Å². The molecule has 1 rings (SSSR count). The second-order valence-corrected chi connectivity index (χ2v) is 2.64. The summed E-state index contributed by atoms with van der Waals surface area (Å²) < 4.78 is 12.9. The summed E-state index contributed by atoms with van der Waals surface area (Å²) >= 11 is 0. The summed E-state index contributed by atoms with van der Waals surface area (Å²) in [7, 11) is 0. The number of nitrogens with two attached hydrogens (primary N) is 1. The van der Waals surface area contributed by atoms with Gasteiger partial charge in [0.25, 0.3) is 0 Å². The lowest BCUT2D eigenvalue weighted by Crippen LogP contribution is -2.30. The van der Waals surface area contributed by atoms with E-state index in [1.54, 1.807) is 0 Å². The third kappa shape index (κ3) is 2.08. The number of nitro benzene ring substituents is 1. The maximum atomic E-state index is 12.9. The second kappa shape index (κ2) is 4.29. The number of carbonyl (C=O) groups is 1. The maximum absolute atomic E-state index is 12.9. The number of anilines is 1. The van der Waals surface area contributed by atoms with Crippen molar-refractivity contribution in [3.63, 3.8) is 0 Å². The zero-order valence-corrected chi connectivity index (χ0v) is 7.75. The molecule has 0 spiro atoms. The van der Waals surface area contributed by atoms with Crippen LogP contribution in [0.3, 0.4) is 0 Å². The topological polar surface area (TPSA) is 126 Å². The first kappa shape index (κ1) is 11.5. The Morgan fingerprint density at radius 3 is 2.69 bits per heavy atom. The third-order valence-corrected chi connectivity index (χ3v) is 1.68. The van der Waals surface area contributed by atoms with Crippen LogP contribution in [0.15, 0.2) is 23.4 Å². The highest BCUT2D eigenvalue weighted by Crippen LogP contribution is 2.24. The molecule has 0 radical (unpaired) electrons. The zero-order valence-electron chi connectivity index (χ0n) is 7.75. The predicted molar refractivity (Wildman–Crippen MR) is 50.3 cm³/mol. The number of rotatable bonds is 3. The molecular formula is C7H6FN5O3. The van der Waals surface area contributed by atoms with Crippen molar-refractivity contribution in [2.24, 2.45) is 11.0 Å². The number of hydrogen-bond donors (Lipinski definition) is 2. The highest BCUT2D eigenvalue weighted by molar-refractivity contribution is 5.90. The fourth-order valence-electron chi connectivity index (χ4n) is 1.01. The van der Waals surface area contributed by atoms with E-state index in [0.29, 0.717) is 5.01 Å². The number of urea groups is 1. The third-order valence-electron chi connectivity index (χ3n) is 1.68. The van der Waals surface area contributed by atoms with Crippen molar-refractivity contribution in [3.05, 3.63) is 34.1 Å². The fraction of sp³-hybridized carbons (Fsp3) is 0. The molecule has 8 nitrogen and oxygen atoms in total. The van der Waals surface area contributed by atoms with E-state index in [0.717, 1.165) is 18.2 Å². The number of benzene rings is 1. The van der Waals surface area contributed by atoms with Crippen LogP contribution < -0.4 is 10.7 Å². The second-order valence-electron chi connectivity index (χ2n) is 2.64. The van der Waals surface area contributed by atoms with Gasteiger partial charge in [0.05, 0.1) is 10.6 Å². The smallest absolute Gasteiger partial charge is 0.341 e. The average Bonchev–Trinajstić information content (AvgIpc) is 2.20. The molecule has 0 saturated heterocycles. The van der Waals surface area contributed by atoms with E-state index in [-0.39, 0.29) is 5.69 Å². The minimum Gasteiger partial charge on any atom is -0.350 e. The van der Waals surface area contributed by atoms with Gasteiger partial charge in [-0.15, -0.1) is 0 Å². The molecule has 84 valence electrons. The van der Waals surface area contributed by atoms with Gasteiger partial charge in [0.15, 0.2) is 0 Å². The molecule has 0 aliphatic carbocycles. The minimum atomic E-state index is -1.10. The van der Waals surface area contributed by atoms with E-state index in [1.165, 1.54) is 0 Å². The molecule has 2 amide bonds. The molecule has 3 N–H and O–H groups in total. The normalized spacial score (nSPS) is 9.56. The van der Waals surface area contributed by atoms with Crippen molar-refractivity contribution in [2.75, 3.05) is 5.01 Å². The first-order chi connectivity index (χ1) is 7.47. The predicted octanol–water partition coefficient (Wildman–Crippen LogP) is 1.56. The number of carbonyl (C=O) groups excluding carboxylic acids is 1. The van der Waals surface area contributed by atoms with Crippen LogP contribution in [0, 0.1) is 21.5 Å². The number of nitrogens with zero attached hydrogens (tertiary/aromatic N) is 3. The summed E-state index contributed by atoms with van der Waals surface area (Å²) in [5.41, 5.74) is 10.5. The quantitative estimate of drug-likeness (QED) is 0.462. The maximum Gasteiger partial charge on any atom is 0.341 e. The van der Waals surface area contributed by atoms with Crippen molar-refractivity contribution < 1.29 is 14.1 Å². The number of halogens is 1. The number of nitro groups is 1. The minimum absolute atomic E-state index is 0.157. The van der Waals surface area contributed by atoms with Crippen molar-refractivity contribution in [1.82, 2.24) is 0 Å². The van der Waals surface area contributed by atoms with Crippen molar-refractivity contribution in [3.8, 4) is 0 Å². The Balaban J connectivity index is 3.26. The number of nitrogens with one attached hydrogen (secondary N) is 1. The molecule has 0 aromatic heterocycles. The van der Waals surface area contributed by atoms with Gasteiger partial charge < -0.3 is 5.73 Å². The molecule has 1 aromatic carbocycles. The molecule has 0 unspecified atom stereocenters. The number of primary amides is 1. The van der Waals surface area contributed by atoms with Crippen molar-refractivity contribution in [2.45, 2.75) is 0 Å². The van der Waals surface area contributed by atoms with E-state index in [2.05, 4.69) is 5.22 Å². The fourth-order valence-corrected chi connectivity index (χ4v) is 1.01. The first-order valence-corrected chi connectivity index (χ1v) is 3.88. The highest BCUT2D eigenvalue weighted by atomic mass is 19.1. The van der Waals surface area contributed by atoms with Gasteiger partial charge in [-0.25, -0.2) is 4.79 Å². The standard InChI is InChI=1S/C7H6FN5O3/c8-5-2-1-4(3-6(5)13(15)16)12(11-10)7(9)14/h1-3,10H,(H2,9,14). The molecule has 0 aliphatic heterocycles. The molecule has 0 fully saturated rings. The molecule has 16 heavy (non-hydrogen) atoms. The molecule has 9 heteroatoms. The van der Waals surface area contributed by atoms with Crippen LogP contribution in [-0.2, 0) is 0 Å². The van der Waals surface area contributed by atoms with E-state index < -0.39 is 22.5 Å². The summed E-state index contributed by atoms with van der Waals surface area (Å²) in [5, 5.41) is 13.6. The lowest BCUT2D eigenvalue weighted by atomic mass is 10.2. The zero-order chi connectivity index (χ0) is 12.3. The first-order valence-electron chi connectivity index (χ1n) is 3.88. The number of hydrogen-bond acceptors (Lipinski definition) is 5. The lowest BCUT2D eigenvalue weighted by molar-refractivity contribution is -0.387. The highest BCUT2D eigenvalue weighted by Gasteiger charge is 2.19. The van der Waals surface area contributed by atoms with Gasteiger partial charge in [0.1, 0.15) is 0 Å². The summed E-state index contributed by atoms with van der Waals surface area (Å²) in [5.74, 6) is -1.05. The largest absolute Gasteiger partial charge is 0.350 e. The van der Waals surface area contributed by atoms with Crippen molar-refractivity contribution >= 4 is 17.4 Å². The average molecular weight is 227 g/mol. The van der Waals surface area contributed by atoms with Crippen LogP contribution in [0.1, 0.15) is 0 Å². The van der Waals surface area contributed by atoms with Gasteiger partial charge in [-0.05, 0) is 12.1 Å². The van der Waals surface area contributed by atoms with E-state index >= 15 is 0 Å². The Kier molecular flexibility index (Phi) is 3.09. The summed E-state index contributed by atoms with van der Waals surface area (Å²) in [6.07, 6.45) is 0. The van der Waals surface area contributed by atoms with Gasteiger partial charge in [-0.3, -0.25) is 10.1 Å². The van der Waals surface area contributed by atoms with Crippen LogP contribution in [0.2, 0.25) is 0 Å². The Morgan fingerprint density at radius 2 is 2.25 bits per heavy atom. The molecular weight excluding hydrogens is 221 g/mol.